The van der Waals surface area contributed by atoms with Gasteiger partial charge in [-0.3, -0.25) is 4.79 Å². The fraction of sp³-hybridized carbons (Fsp3) is 0.417. The second-order valence-corrected chi connectivity index (χ2v) is 5.95. The average Bonchev–Trinajstić information content (AvgIpc) is 2.21. The third kappa shape index (κ3) is 2.11. The van der Waals surface area contributed by atoms with Crippen molar-refractivity contribution in [3.8, 4) is 0 Å². The van der Waals surface area contributed by atoms with Crippen LogP contribution < -0.4 is 5.56 Å². The molecular formula is C12H14BrN3O. The van der Waals surface area contributed by atoms with E-state index in [2.05, 4.69) is 30.9 Å². The summed E-state index contributed by atoms with van der Waals surface area (Å²) in [7, 11) is 0. The Hall–Kier alpha value is -1.23. The van der Waals surface area contributed by atoms with Gasteiger partial charge in [0.15, 0.2) is 5.65 Å². The van der Waals surface area contributed by atoms with Crippen molar-refractivity contribution < 1.29 is 0 Å². The van der Waals surface area contributed by atoms with Gasteiger partial charge in [0, 0.05) is 16.1 Å². The van der Waals surface area contributed by atoms with Crippen LogP contribution in [-0.4, -0.2) is 15.0 Å². The molecule has 0 aliphatic carbocycles. The Balaban J connectivity index is 2.87. The monoisotopic (exact) mass is 295 g/mol. The number of pyridine rings is 1. The van der Waals surface area contributed by atoms with E-state index in [0.717, 1.165) is 10.0 Å². The van der Waals surface area contributed by atoms with Gasteiger partial charge >= 0.3 is 0 Å². The highest BCUT2D eigenvalue weighted by molar-refractivity contribution is 9.10. The van der Waals surface area contributed by atoms with Gasteiger partial charge in [0.1, 0.15) is 5.82 Å². The molecule has 0 spiro atoms. The maximum absolute atomic E-state index is 12.1. The summed E-state index contributed by atoms with van der Waals surface area (Å²) in [5.74, 6) is 0.657. The molecule has 0 radical (unpaired) electrons. The lowest BCUT2D eigenvalue weighted by Crippen LogP contribution is -2.22. The molecule has 2 rings (SSSR count). The van der Waals surface area contributed by atoms with E-state index < -0.39 is 0 Å². The van der Waals surface area contributed by atoms with Gasteiger partial charge in [0.25, 0.3) is 5.56 Å². The zero-order valence-corrected chi connectivity index (χ0v) is 11.8. The maximum atomic E-state index is 12.1. The molecule has 0 saturated carbocycles. The standard InChI is InChI=1S/C12H14BrN3O/c1-6-7(13)5-14-9-8(6)10(17)16-11(15-9)12(2,3)4/h5H,1-4H3,(H,14,15,16,17). The molecule has 0 amide bonds. The number of nitrogens with one attached hydrogen (secondary N) is 1. The Morgan fingerprint density at radius 3 is 2.59 bits per heavy atom. The minimum Gasteiger partial charge on any atom is -0.309 e. The third-order valence-corrected chi connectivity index (χ3v) is 3.44. The van der Waals surface area contributed by atoms with Crippen LogP contribution in [0.2, 0.25) is 0 Å². The number of halogens is 1. The second kappa shape index (κ2) is 3.91. The topological polar surface area (TPSA) is 58.6 Å². The SMILES string of the molecule is Cc1c(Br)cnc2nc(C(C)(C)C)[nH]c(=O)c12. The Bertz CT molecular complexity index is 640. The van der Waals surface area contributed by atoms with Crippen LogP contribution in [0.4, 0.5) is 0 Å². The molecule has 0 fully saturated rings. The van der Waals surface area contributed by atoms with E-state index in [4.69, 9.17) is 0 Å². The molecule has 5 heteroatoms. The predicted molar refractivity (Wildman–Crippen MR) is 71.3 cm³/mol. The molecule has 0 aliphatic heterocycles. The van der Waals surface area contributed by atoms with Gasteiger partial charge < -0.3 is 4.98 Å². The fourth-order valence-electron chi connectivity index (χ4n) is 1.58. The van der Waals surface area contributed by atoms with E-state index in [0.29, 0.717) is 16.9 Å². The third-order valence-electron chi connectivity index (χ3n) is 2.64. The van der Waals surface area contributed by atoms with Gasteiger partial charge in [0.2, 0.25) is 0 Å². The van der Waals surface area contributed by atoms with E-state index in [-0.39, 0.29) is 11.0 Å². The van der Waals surface area contributed by atoms with E-state index in [9.17, 15) is 4.79 Å². The molecule has 1 N–H and O–H groups in total. The van der Waals surface area contributed by atoms with Crippen LogP contribution in [0.5, 0.6) is 0 Å². The minimum absolute atomic E-state index is 0.133. The number of hydrogen-bond acceptors (Lipinski definition) is 3. The smallest absolute Gasteiger partial charge is 0.260 e. The van der Waals surface area contributed by atoms with Crippen molar-refractivity contribution in [2.75, 3.05) is 0 Å². The highest BCUT2D eigenvalue weighted by Gasteiger charge is 2.19. The Kier molecular flexibility index (Phi) is 2.81. The lowest BCUT2D eigenvalue weighted by atomic mass is 9.95. The first kappa shape index (κ1) is 12.2. The van der Waals surface area contributed by atoms with Crippen molar-refractivity contribution in [1.29, 1.82) is 0 Å². The van der Waals surface area contributed by atoms with Gasteiger partial charge in [-0.1, -0.05) is 20.8 Å². The zero-order valence-electron chi connectivity index (χ0n) is 10.3. The summed E-state index contributed by atoms with van der Waals surface area (Å²) in [5, 5.41) is 0.548. The van der Waals surface area contributed by atoms with Crippen LogP contribution in [-0.2, 0) is 5.41 Å². The second-order valence-electron chi connectivity index (χ2n) is 5.09. The molecule has 0 aromatic carbocycles. The molecule has 17 heavy (non-hydrogen) atoms. The van der Waals surface area contributed by atoms with Crippen LogP contribution in [0.3, 0.4) is 0 Å². The molecule has 0 aliphatic rings. The maximum Gasteiger partial charge on any atom is 0.260 e. The summed E-state index contributed by atoms with van der Waals surface area (Å²) in [5.41, 5.74) is 1.03. The number of nitrogens with zero attached hydrogens (tertiary/aromatic N) is 2. The largest absolute Gasteiger partial charge is 0.309 e. The Morgan fingerprint density at radius 2 is 2.00 bits per heavy atom. The summed E-state index contributed by atoms with van der Waals surface area (Å²) >= 11 is 3.37. The predicted octanol–water partition coefficient (Wildman–Crippen LogP) is 2.69. The number of hydrogen-bond donors (Lipinski definition) is 1. The first-order valence-electron chi connectivity index (χ1n) is 5.36. The summed E-state index contributed by atoms with van der Waals surface area (Å²) < 4.78 is 0.820. The lowest BCUT2D eigenvalue weighted by molar-refractivity contribution is 0.545. The van der Waals surface area contributed by atoms with Crippen molar-refractivity contribution in [3.05, 3.63) is 32.4 Å². The van der Waals surface area contributed by atoms with Crippen LogP contribution >= 0.6 is 15.9 Å². The number of rotatable bonds is 0. The minimum atomic E-state index is -0.198. The molecule has 2 aromatic rings. The van der Waals surface area contributed by atoms with Crippen LogP contribution in [0.15, 0.2) is 15.5 Å². The molecule has 2 heterocycles. The highest BCUT2D eigenvalue weighted by Crippen LogP contribution is 2.22. The van der Waals surface area contributed by atoms with E-state index in [1.54, 1.807) is 6.20 Å². The molecule has 0 saturated heterocycles. The van der Waals surface area contributed by atoms with Gasteiger partial charge in [-0.05, 0) is 28.4 Å². The number of fused-ring (bicyclic) bond motifs is 1. The Morgan fingerprint density at radius 1 is 1.35 bits per heavy atom. The number of aromatic amines is 1. The number of H-pyrrole nitrogens is 1. The number of aryl methyl sites for hydroxylation is 1. The molecule has 90 valence electrons. The summed E-state index contributed by atoms with van der Waals surface area (Å²) in [6.07, 6.45) is 1.68. The summed E-state index contributed by atoms with van der Waals surface area (Å²) in [6, 6.07) is 0. The quantitative estimate of drug-likeness (QED) is 0.813. The van der Waals surface area contributed by atoms with Crippen molar-refractivity contribution in [1.82, 2.24) is 15.0 Å². The first-order valence-corrected chi connectivity index (χ1v) is 6.15. The van der Waals surface area contributed by atoms with Gasteiger partial charge in [-0.25, -0.2) is 9.97 Å². The van der Waals surface area contributed by atoms with Crippen molar-refractivity contribution in [2.24, 2.45) is 0 Å². The molecular weight excluding hydrogens is 282 g/mol. The van der Waals surface area contributed by atoms with Crippen LogP contribution in [0, 0.1) is 6.92 Å². The van der Waals surface area contributed by atoms with Crippen LogP contribution in [0.25, 0.3) is 11.0 Å². The molecule has 0 atom stereocenters. The van der Waals surface area contributed by atoms with E-state index in [1.807, 2.05) is 27.7 Å². The molecule has 2 aromatic heterocycles. The van der Waals surface area contributed by atoms with Crippen LogP contribution in [0.1, 0.15) is 32.2 Å². The first-order chi connectivity index (χ1) is 7.80. The Labute approximate surface area is 108 Å². The normalized spacial score (nSPS) is 12.1. The van der Waals surface area contributed by atoms with E-state index >= 15 is 0 Å². The van der Waals surface area contributed by atoms with Crippen molar-refractivity contribution in [2.45, 2.75) is 33.1 Å². The van der Waals surface area contributed by atoms with Gasteiger partial charge in [0.05, 0.1) is 5.39 Å². The molecule has 4 nitrogen and oxygen atoms in total. The number of aromatic nitrogens is 3. The summed E-state index contributed by atoms with van der Waals surface area (Å²) in [4.78, 5) is 23.5. The van der Waals surface area contributed by atoms with E-state index in [1.165, 1.54) is 0 Å². The lowest BCUT2D eigenvalue weighted by Gasteiger charge is -2.17. The zero-order chi connectivity index (χ0) is 12.8. The molecule has 0 bridgehead atoms. The average molecular weight is 296 g/mol. The van der Waals surface area contributed by atoms with Gasteiger partial charge in [-0.15, -0.1) is 0 Å². The van der Waals surface area contributed by atoms with Crippen molar-refractivity contribution in [3.63, 3.8) is 0 Å². The highest BCUT2D eigenvalue weighted by atomic mass is 79.9. The van der Waals surface area contributed by atoms with Gasteiger partial charge in [-0.2, -0.15) is 0 Å². The molecule has 0 unspecified atom stereocenters. The van der Waals surface area contributed by atoms with Crippen molar-refractivity contribution >= 4 is 27.0 Å². The summed E-state index contributed by atoms with van der Waals surface area (Å²) in [6.45, 7) is 7.89. The fourth-order valence-corrected chi connectivity index (χ4v) is 1.88.